The second-order valence-electron chi connectivity index (χ2n) is 10.1. The Morgan fingerprint density at radius 1 is 0.500 bits per heavy atom. The molecule has 4 heterocycles. The zero-order valence-electron chi connectivity index (χ0n) is 21.6. The van der Waals surface area contributed by atoms with Crippen LogP contribution < -0.4 is 0 Å². The van der Waals surface area contributed by atoms with Gasteiger partial charge in [-0.15, -0.1) is 0 Å². The summed E-state index contributed by atoms with van der Waals surface area (Å²) in [5.41, 5.74) is 14.1. The maximum absolute atomic E-state index is 5.17. The molecule has 0 amide bonds. The molecule has 6 aromatic rings. The van der Waals surface area contributed by atoms with Gasteiger partial charge >= 0.3 is 239 Å². The molecule has 1 aliphatic carbocycles. The summed E-state index contributed by atoms with van der Waals surface area (Å²) in [6.07, 6.45) is 4.33. The van der Waals surface area contributed by atoms with E-state index in [1.165, 1.54) is 53.0 Å². The average molecular weight is 576 g/mol. The van der Waals surface area contributed by atoms with Gasteiger partial charge in [0.1, 0.15) is 0 Å². The van der Waals surface area contributed by atoms with Gasteiger partial charge in [-0.05, 0) is 0 Å². The Labute approximate surface area is 238 Å². The molecule has 3 aromatic carbocycles. The van der Waals surface area contributed by atoms with Crippen LogP contribution in [0.2, 0.25) is 0 Å². The Morgan fingerprint density at radius 2 is 1.12 bits per heavy atom. The second-order valence-corrected chi connectivity index (χ2v) is 12.4. The zero-order valence-corrected chi connectivity index (χ0v) is 23.3. The first-order valence-electron chi connectivity index (χ1n) is 13.5. The number of rotatable bonds is 2. The molecule has 0 saturated carbocycles. The molecule has 40 heavy (non-hydrogen) atoms. The number of fused-ring (bicyclic) bond motifs is 11. The van der Waals surface area contributed by atoms with Gasteiger partial charge < -0.3 is 0 Å². The number of nitrogens with one attached hydrogen (secondary N) is 1. The predicted octanol–water partition coefficient (Wildman–Crippen LogP) is 9.49. The Morgan fingerprint density at radius 3 is 1.85 bits per heavy atom. The fraction of sp³-hybridized carbons (Fsp3) is 0. The number of H-pyrrole nitrogens is 1. The molecular weight excluding hydrogens is 551 g/mol. The Kier molecular flexibility index (Phi) is 5.51. The second kappa shape index (κ2) is 9.50. The van der Waals surface area contributed by atoms with E-state index in [-0.39, 0.29) is 14.5 Å². The first kappa shape index (κ1) is 23.2. The summed E-state index contributed by atoms with van der Waals surface area (Å²) in [5, 5.41) is 0. The van der Waals surface area contributed by atoms with E-state index in [4.69, 9.17) is 4.98 Å². The van der Waals surface area contributed by atoms with Crippen LogP contribution in [0.15, 0.2) is 127 Å². The number of benzene rings is 3. The summed E-state index contributed by atoms with van der Waals surface area (Å²) in [7, 11) is 0. The molecule has 8 rings (SSSR count). The Balaban J connectivity index is 1.54. The number of aromatic amines is 1. The van der Waals surface area contributed by atoms with Crippen LogP contribution in [-0.2, 0) is 0 Å². The molecule has 0 fully saturated rings. The van der Waals surface area contributed by atoms with Crippen LogP contribution in [0, 0.1) is 0 Å². The van der Waals surface area contributed by atoms with Gasteiger partial charge in [0.05, 0.1) is 0 Å². The molecular formula is C37H24N2Se. The van der Waals surface area contributed by atoms with Crippen molar-refractivity contribution in [2.24, 2.45) is 0 Å². The van der Waals surface area contributed by atoms with Crippen molar-refractivity contribution in [2.45, 2.75) is 0 Å². The van der Waals surface area contributed by atoms with E-state index in [0.29, 0.717) is 0 Å². The molecule has 1 N–H and O–H groups in total. The maximum atomic E-state index is 5.17. The van der Waals surface area contributed by atoms with E-state index in [9.17, 15) is 0 Å². The molecule has 3 aromatic heterocycles. The SMILES string of the molecule is C1=Cc2nc1cc1cc(cc3ccc([nH]3)c(-c3ccccc3)c3ccc([se]3)c2-c2ccccc2)-c2ccccc2-1. The standard InChI is InChI=1S/C37H24N2Se/c1-3-9-24(10-4-1)36-32-17-15-28(38-32)22-26-21-27(31-14-8-7-13-30(26)31)23-29-16-18-33(39-29)37(25-11-5-2-6-12-25)35-20-19-34(36)40-35/h1-23,38H. The predicted molar refractivity (Wildman–Crippen MR) is 170 cm³/mol. The summed E-state index contributed by atoms with van der Waals surface area (Å²) >= 11 is 0.109. The normalized spacial score (nSPS) is 11.9. The summed E-state index contributed by atoms with van der Waals surface area (Å²) in [6.45, 7) is 0. The number of nitrogens with zero attached hydrogens (tertiary/aromatic N) is 1. The monoisotopic (exact) mass is 576 g/mol. The van der Waals surface area contributed by atoms with Gasteiger partial charge in [-0.3, -0.25) is 0 Å². The van der Waals surface area contributed by atoms with Crippen LogP contribution in [0.25, 0.3) is 76.2 Å². The minimum atomic E-state index is 0.109. The van der Waals surface area contributed by atoms with Gasteiger partial charge in [0.25, 0.3) is 0 Å². The fourth-order valence-corrected chi connectivity index (χ4v) is 8.22. The average Bonchev–Trinajstić information content (AvgIpc) is 3.80. The first-order chi connectivity index (χ1) is 19.8. The van der Waals surface area contributed by atoms with Gasteiger partial charge in [-0.2, -0.15) is 0 Å². The van der Waals surface area contributed by atoms with Gasteiger partial charge in [-0.1, -0.05) is 0 Å². The van der Waals surface area contributed by atoms with Crippen molar-refractivity contribution in [3.8, 4) is 44.5 Å². The molecule has 8 bridgehead atoms. The van der Waals surface area contributed by atoms with Gasteiger partial charge in [0.15, 0.2) is 0 Å². The van der Waals surface area contributed by atoms with E-state index in [1.54, 1.807) is 0 Å². The molecule has 0 atom stereocenters. The Hall–Kier alpha value is -4.69. The van der Waals surface area contributed by atoms with Crippen LogP contribution in [-0.4, -0.2) is 24.5 Å². The molecule has 0 spiro atoms. The number of aromatic nitrogens is 2. The summed E-state index contributed by atoms with van der Waals surface area (Å²) < 4.78 is 2.71. The zero-order chi connectivity index (χ0) is 26.5. The minimum absolute atomic E-state index is 0.109. The van der Waals surface area contributed by atoms with Crippen LogP contribution in [0.3, 0.4) is 0 Å². The molecule has 2 aliphatic rings. The number of hydrogen-bond acceptors (Lipinski definition) is 1. The van der Waals surface area contributed by atoms with Gasteiger partial charge in [0.2, 0.25) is 0 Å². The van der Waals surface area contributed by atoms with Crippen LogP contribution >= 0.6 is 0 Å². The summed E-state index contributed by atoms with van der Waals surface area (Å²) in [4.78, 5) is 8.93. The van der Waals surface area contributed by atoms with E-state index in [2.05, 4.69) is 145 Å². The van der Waals surface area contributed by atoms with Gasteiger partial charge in [0, 0.05) is 0 Å². The van der Waals surface area contributed by atoms with Gasteiger partial charge in [-0.25, -0.2) is 0 Å². The third-order valence-corrected chi connectivity index (χ3v) is 9.94. The number of hydrogen-bond donors (Lipinski definition) is 1. The molecule has 188 valence electrons. The third kappa shape index (κ3) is 3.99. The molecule has 0 radical (unpaired) electrons. The van der Waals surface area contributed by atoms with Crippen LogP contribution in [0.4, 0.5) is 0 Å². The summed E-state index contributed by atoms with van der Waals surface area (Å²) in [5.74, 6) is 0. The van der Waals surface area contributed by atoms with Crippen molar-refractivity contribution in [2.75, 3.05) is 0 Å². The molecule has 3 heteroatoms. The van der Waals surface area contributed by atoms with E-state index in [0.717, 1.165) is 22.4 Å². The van der Waals surface area contributed by atoms with Crippen molar-refractivity contribution in [3.05, 3.63) is 139 Å². The van der Waals surface area contributed by atoms with Crippen LogP contribution in [0.1, 0.15) is 11.4 Å². The van der Waals surface area contributed by atoms with Crippen molar-refractivity contribution >= 4 is 46.2 Å². The Bertz CT molecular complexity index is 2100. The van der Waals surface area contributed by atoms with Crippen molar-refractivity contribution < 1.29 is 0 Å². The molecule has 2 nitrogen and oxygen atoms in total. The summed E-state index contributed by atoms with van der Waals surface area (Å²) in [6, 6.07) is 45.9. The topological polar surface area (TPSA) is 28.7 Å². The van der Waals surface area contributed by atoms with E-state index in [1.807, 2.05) is 0 Å². The quantitative estimate of drug-likeness (QED) is 0.204. The van der Waals surface area contributed by atoms with Crippen molar-refractivity contribution in [1.82, 2.24) is 9.97 Å². The molecule has 0 saturated heterocycles. The molecule has 0 unspecified atom stereocenters. The van der Waals surface area contributed by atoms with E-state index < -0.39 is 0 Å². The van der Waals surface area contributed by atoms with Crippen molar-refractivity contribution in [3.63, 3.8) is 0 Å². The first-order valence-corrected chi connectivity index (χ1v) is 15.2. The van der Waals surface area contributed by atoms with Crippen LogP contribution in [0.5, 0.6) is 0 Å². The molecule has 1 aliphatic heterocycles. The van der Waals surface area contributed by atoms with E-state index >= 15 is 0 Å². The van der Waals surface area contributed by atoms with Crippen molar-refractivity contribution in [1.29, 1.82) is 0 Å². The third-order valence-electron chi connectivity index (χ3n) is 7.59. The fourth-order valence-electron chi connectivity index (χ4n) is 5.78.